The van der Waals surface area contributed by atoms with Gasteiger partial charge in [0.05, 0.1) is 5.54 Å². The van der Waals surface area contributed by atoms with Gasteiger partial charge in [-0.3, -0.25) is 0 Å². The van der Waals surface area contributed by atoms with E-state index < -0.39 is 27.3 Å². The van der Waals surface area contributed by atoms with Crippen molar-refractivity contribution in [3.8, 4) is 0 Å². The molecule has 0 aromatic carbocycles. The summed E-state index contributed by atoms with van der Waals surface area (Å²) in [7, 11) is -4.03. The number of hydrogen-bond acceptors (Lipinski definition) is 7. The van der Waals surface area contributed by atoms with Crippen LogP contribution in [0.15, 0.2) is 19.9 Å². The lowest BCUT2D eigenvalue weighted by molar-refractivity contribution is 0.0661. The number of carboxylic acid groups (broad SMARTS) is 1. The van der Waals surface area contributed by atoms with Crippen molar-refractivity contribution in [3.05, 3.63) is 29.3 Å². The molecule has 0 fully saturated rings. The molecule has 22 heavy (non-hydrogen) atoms. The van der Waals surface area contributed by atoms with E-state index in [9.17, 15) is 13.2 Å². The zero-order valence-electron chi connectivity index (χ0n) is 12.4. The Balaban J connectivity index is 2.37. The smallest absolute Gasteiger partial charge is 0.371 e. The summed E-state index contributed by atoms with van der Waals surface area (Å²) < 4.78 is 37.0. The van der Waals surface area contributed by atoms with Gasteiger partial charge in [-0.05, 0) is 20.8 Å². The number of nitrogens with one attached hydrogen (secondary N) is 1. The van der Waals surface area contributed by atoms with Crippen LogP contribution >= 0.6 is 0 Å². The van der Waals surface area contributed by atoms with Crippen molar-refractivity contribution >= 4 is 16.0 Å². The fourth-order valence-corrected chi connectivity index (χ4v) is 3.38. The first-order valence-corrected chi connectivity index (χ1v) is 7.70. The van der Waals surface area contributed by atoms with Crippen molar-refractivity contribution in [2.75, 3.05) is 0 Å². The van der Waals surface area contributed by atoms with E-state index in [0.29, 0.717) is 5.89 Å². The van der Waals surface area contributed by atoms with Crippen LogP contribution in [0.1, 0.15) is 41.9 Å². The molecule has 2 aromatic rings. The highest BCUT2D eigenvalue weighted by Gasteiger charge is 2.34. The summed E-state index contributed by atoms with van der Waals surface area (Å²) in [5.41, 5.74) is -1.15. The third-order valence-corrected chi connectivity index (χ3v) is 4.61. The molecule has 2 heterocycles. The quantitative estimate of drug-likeness (QED) is 0.835. The SMILES string of the molecule is Cc1nc(C(C)(C)NS(=O)(=O)c2cc(C(=O)O)oc2C)no1. The molecule has 9 nitrogen and oxygen atoms in total. The Bertz CT molecular complexity index is 818. The van der Waals surface area contributed by atoms with E-state index in [4.69, 9.17) is 14.0 Å². The Morgan fingerprint density at radius 3 is 2.45 bits per heavy atom. The van der Waals surface area contributed by atoms with Gasteiger partial charge < -0.3 is 14.0 Å². The maximum absolute atomic E-state index is 12.4. The Morgan fingerprint density at radius 1 is 1.36 bits per heavy atom. The van der Waals surface area contributed by atoms with Gasteiger partial charge >= 0.3 is 5.97 Å². The molecule has 0 aliphatic rings. The summed E-state index contributed by atoms with van der Waals surface area (Å²) in [5.74, 6) is -1.36. The minimum Gasteiger partial charge on any atom is -0.475 e. The van der Waals surface area contributed by atoms with Gasteiger partial charge in [0, 0.05) is 13.0 Å². The molecular weight excluding hydrogens is 314 g/mol. The fraction of sp³-hybridized carbons (Fsp3) is 0.417. The van der Waals surface area contributed by atoms with E-state index in [1.165, 1.54) is 6.92 Å². The number of sulfonamides is 1. The molecule has 0 bridgehead atoms. The van der Waals surface area contributed by atoms with Crippen molar-refractivity contribution in [3.63, 3.8) is 0 Å². The highest BCUT2D eigenvalue weighted by molar-refractivity contribution is 7.89. The number of nitrogens with zero attached hydrogens (tertiary/aromatic N) is 2. The molecule has 2 N–H and O–H groups in total. The molecule has 0 saturated carbocycles. The second-order valence-electron chi connectivity index (χ2n) is 5.20. The van der Waals surface area contributed by atoms with E-state index in [0.717, 1.165) is 6.07 Å². The Kier molecular flexibility index (Phi) is 3.83. The number of rotatable bonds is 5. The Hall–Kier alpha value is -2.20. The summed E-state index contributed by atoms with van der Waals surface area (Å²) in [5, 5.41) is 12.6. The topological polar surface area (TPSA) is 136 Å². The van der Waals surface area contributed by atoms with Gasteiger partial charge in [0.1, 0.15) is 10.7 Å². The lowest BCUT2D eigenvalue weighted by atomic mass is 10.1. The van der Waals surface area contributed by atoms with Crippen molar-refractivity contribution in [1.82, 2.24) is 14.9 Å². The van der Waals surface area contributed by atoms with Crippen LogP contribution in [0.4, 0.5) is 0 Å². The molecule has 0 saturated heterocycles. The zero-order valence-corrected chi connectivity index (χ0v) is 13.2. The van der Waals surface area contributed by atoms with E-state index in [1.807, 2.05) is 0 Å². The second-order valence-corrected chi connectivity index (χ2v) is 6.85. The minimum absolute atomic E-state index is 0.0232. The van der Waals surface area contributed by atoms with Crippen LogP contribution in [0, 0.1) is 13.8 Å². The Labute approximate surface area is 126 Å². The summed E-state index contributed by atoms with van der Waals surface area (Å²) >= 11 is 0. The van der Waals surface area contributed by atoms with Gasteiger partial charge in [0.15, 0.2) is 5.82 Å². The minimum atomic E-state index is -4.03. The highest BCUT2D eigenvalue weighted by atomic mass is 32.2. The number of carboxylic acids is 1. The number of hydrogen-bond donors (Lipinski definition) is 2. The molecule has 10 heteroatoms. The number of aromatic nitrogens is 2. The molecule has 0 aliphatic heterocycles. The Morgan fingerprint density at radius 2 is 2.00 bits per heavy atom. The van der Waals surface area contributed by atoms with Crippen LogP contribution in [0.3, 0.4) is 0 Å². The highest BCUT2D eigenvalue weighted by Crippen LogP contribution is 2.24. The van der Waals surface area contributed by atoms with Crippen LogP contribution in [-0.2, 0) is 15.6 Å². The summed E-state index contributed by atoms with van der Waals surface area (Å²) in [4.78, 5) is 14.6. The molecule has 0 unspecified atom stereocenters. The predicted octanol–water partition coefficient (Wildman–Crippen LogP) is 1.19. The summed E-state index contributed by atoms with van der Waals surface area (Å²) in [6.45, 7) is 6.07. The molecule has 0 aliphatic carbocycles. The number of aromatic carboxylic acids is 1. The summed E-state index contributed by atoms with van der Waals surface area (Å²) in [6, 6.07) is 0.956. The molecule has 2 aromatic heterocycles. The molecule has 0 atom stereocenters. The lowest BCUT2D eigenvalue weighted by Crippen LogP contribution is -2.41. The van der Waals surface area contributed by atoms with Gasteiger partial charge in [-0.2, -0.15) is 9.71 Å². The predicted molar refractivity (Wildman–Crippen MR) is 72.8 cm³/mol. The van der Waals surface area contributed by atoms with Crippen LogP contribution in [0.2, 0.25) is 0 Å². The van der Waals surface area contributed by atoms with Crippen LogP contribution < -0.4 is 4.72 Å². The maximum atomic E-state index is 12.4. The molecular formula is C12H15N3O6S. The second kappa shape index (κ2) is 5.21. The lowest BCUT2D eigenvalue weighted by Gasteiger charge is -2.21. The van der Waals surface area contributed by atoms with Crippen molar-refractivity contribution in [2.24, 2.45) is 0 Å². The van der Waals surface area contributed by atoms with E-state index in [-0.39, 0.29) is 16.5 Å². The first-order valence-electron chi connectivity index (χ1n) is 6.21. The first kappa shape index (κ1) is 16.2. The van der Waals surface area contributed by atoms with Gasteiger partial charge in [-0.1, -0.05) is 5.16 Å². The third-order valence-electron chi connectivity index (χ3n) is 2.85. The van der Waals surface area contributed by atoms with Crippen LogP contribution in [0.25, 0.3) is 0 Å². The monoisotopic (exact) mass is 329 g/mol. The summed E-state index contributed by atoms with van der Waals surface area (Å²) in [6.07, 6.45) is 0. The van der Waals surface area contributed by atoms with E-state index >= 15 is 0 Å². The van der Waals surface area contributed by atoms with Crippen LogP contribution in [0.5, 0.6) is 0 Å². The first-order chi connectivity index (χ1) is 10.0. The van der Waals surface area contributed by atoms with Gasteiger partial charge in [0.2, 0.25) is 21.7 Å². The molecule has 2 rings (SSSR count). The standard InChI is InChI=1S/C12H15N3O6S/c1-6-9(5-8(20-6)10(16)17)22(18,19)15-12(3,4)11-13-7(2)21-14-11/h5,15H,1-4H3,(H,16,17). The number of aryl methyl sites for hydroxylation is 2. The normalized spacial score (nSPS) is 12.5. The maximum Gasteiger partial charge on any atom is 0.371 e. The molecule has 0 spiro atoms. The van der Waals surface area contributed by atoms with Crippen molar-refractivity contribution in [2.45, 2.75) is 38.1 Å². The largest absolute Gasteiger partial charge is 0.475 e. The van der Waals surface area contributed by atoms with Gasteiger partial charge in [-0.15, -0.1) is 0 Å². The molecule has 120 valence electrons. The number of furan rings is 1. The van der Waals surface area contributed by atoms with Gasteiger partial charge in [0.25, 0.3) is 0 Å². The van der Waals surface area contributed by atoms with Gasteiger partial charge in [-0.25, -0.2) is 13.2 Å². The van der Waals surface area contributed by atoms with Crippen molar-refractivity contribution in [1.29, 1.82) is 0 Å². The number of carbonyl (C=O) groups is 1. The fourth-order valence-electron chi connectivity index (χ4n) is 1.83. The molecule has 0 radical (unpaired) electrons. The molecule has 0 amide bonds. The third kappa shape index (κ3) is 3.02. The van der Waals surface area contributed by atoms with Crippen LogP contribution in [-0.4, -0.2) is 29.6 Å². The average molecular weight is 329 g/mol. The zero-order chi connectivity index (χ0) is 16.7. The van der Waals surface area contributed by atoms with Crippen molar-refractivity contribution < 1.29 is 27.3 Å². The van der Waals surface area contributed by atoms with E-state index in [1.54, 1.807) is 20.8 Å². The van der Waals surface area contributed by atoms with E-state index in [2.05, 4.69) is 14.9 Å². The average Bonchev–Trinajstić information content (AvgIpc) is 2.94.